The van der Waals surface area contributed by atoms with Gasteiger partial charge in [-0.15, -0.1) is 0 Å². The van der Waals surface area contributed by atoms with Crippen LogP contribution in [-0.4, -0.2) is 9.13 Å². The number of aromatic nitrogens is 2. The normalized spacial score (nSPS) is 12.3. The van der Waals surface area contributed by atoms with Gasteiger partial charge in [-0.3, -0.25) is 0 Å². The van der Waals surface area contributed by atoms with Gasteiger partial charge in [0.2, 0.25) is 0 Å². The number of nitriles is 2. The Hall–Kier alpha value is -6.62. The molecular weight excluding hydrogens is 585 g/mol. The minimum atomic E-state index is 0.609. The van der Waals surface area contributed by atoms with Crippen molar-refractivity contribution < 1.29 is 0 Å². The zero-order chi connectivity index (χ0) is 32.2. The van der Waals surface area contributed by atoms with Gasteiger partial charge in [-0.05, 0) is 83.6 Å². The standard InChI is InChI=1S/C44H28N4/c45-27-31-10-9-19-43(48-41-17-7-3-13-37(41)38-14-4-8-18-42(38)48)44(31)30-22-20-29(21-23-30)34-25-24-33(26-32(34)28-46)47-39-15-5-1-11-35(39)36-12-2-6-16-40(36)47/h1-3,5-13,15-26H,4,14H2. The number of fused-ring (bicyclic) bond motifs is 6. The molecule has 0 fully saturated rings. The molecule has 4 heteroatoms. The number of aryl methyl sites for hydroxylation is 1. The summed E-state index contributed by atoms with van der Waals surface area (Å²) in [5.41, 5.74) is 12.7. The van der Waals surface area contributed by atoms with E-state index in [9.17, 15) is 10.5 Å². The van der Waals surface area contributed by atoms with Crippen molar-refractivity contribution in [2.24, 2.45) is 0 Å². The Kier molecular flexibility index (Phi) is 6.35. The number of hydrogen-bond donors (Lipinski definition) is 0. The van der Waals surface area contributed by atoms with Gasteiger partial charge in [0.25, 0.3) is 0 Å². The monoisotopic (exact) mass is 612 g/mol. The summed E-state index contributed by atoms with van der Waals surface area (Å²) in [5, 5.41) is 24.3. The van der Waals surface area contributed by atoms with Crippen LogP contribution in [0.3, 0.4) is 0 Å². The Morgan fingerprint density at radius 3 is 1.85 bits per heavy atom. The number of nitrogens with zero attached hydrogens (tertiary/aromatic N) is 4. The molecule has 8 aromatic rings. The predicted molar refractivity (Wildman–Crippen MR) is 195 cm³/mol. The third-order valence-electron chi connectivity index (χ3n) is 9.71. The maximum atomic E-state index is 10.4. The van der Waals surface area contributed by atoms with Gasteiger partial charge in [0.15, 0.2) is 0 Å². The van der Waals surface area contributed by atoms with E-state index in [0.29, 0.717) is 11.1 Å². The molecule has 0 spiro atoms. The van der Waals surface area contributed by atoms with Crippen LogP contribution in [0.25, 0.3) is 72.4 Å². The summed E-state index contributed by atoms with van der Waals surface area (Å²) in [6, 6.07) is 50.6. The van der Waals surface area contributed by atoms with Crippen molar-refractivity contribution in [3.63, 3.8) is 0 Å². The third kappa shape index (κ3) is 4.14. The zero-order valence-electron chi connectivity index (χ0n) is 26.1. The van der Waals surface area contributed by atoms with Crippen molar-refractivity contribution in [3.8, 4) is 45.8 Å². The SMILES string of the molecule is N#Cc1cc(-n2c3ccccc3c3ccccc32)ccc1-c1ccc(-c2c(C#N)cccc2-n2c3c(c4ccccc42)CCC=C3)cc1. The molecule has 224 valence electrons. The van der Waals surface area contributed by atoms with E-state index in [1.807, 2.05) is 24.3 Å². The largest absolute Gasteiger partial charge is 0.309 e. The molecule has 0 atom stereocenters. The molecule has 0 amide bonds. The highest BCUT2D eigenvalue weighted by Gasteiger charge is 2.22. The number of benzene rings is 6. The molecule has 1 aliphatic carbocycles. The smallest absolute Gasteiger partial charge is 0.0998 e. The van der Waals surface area contributed by atoms with Gasteiger partial charge in [0.05, 0.1) is 45.5 Å². The zero-order valence-corrected chi connectivity index (χ0v) is 26.1. The first-order chi connectivity index (χ1) is 23.7. The lowest BCUT2D eigenvalue weighted by Crippen LogP contribution is -2.03. The molecular formula is C44H28N4. The summed E-state index contributed by atoms with van der Waals surface area (Å²) in [7, 11) is 0. The molecule has 2 aromatic heterocycles. The fourth-order valence-electron chi connectivity index (χ4n) is 7.60. The molecule has 1 aliphatic rings. The fourth-order valence-corrected chi connectivity index (χ4v) is 7.60. The van der Waals surface area contributed by atoms with E-state index >= 15 is 0 Å². The van der Waals surface area contributed by atoms with Gasteiger partial charge in [-0.2, -0.15) is 10.5 Å². The van der Waals surface area contributed by atoms with Gasteiger partial charge in [-0.25, -0.2) is 0 Å². The van der Waals surface area contributed by atoms with Crippen LogP contribution in [0.4, 0.5) is 0 Å². The summed E-state index contributed by atoms with van der Waals surface area (Å²) in [5.74, 6) is 0. The first-order valence-electron chi connectivity index (χ1n) is 16.2. The minimum Gasteiger partial charge on any atom is -0.309 e. The Morgan fingerprint density at radius 1 is 0.542 bits per heavy atom. The molecule has 0 saturated carbocycles. The van der Waals surface area contributed by atoms with Crippen molar-refractivity contribution in [1.29, 1.82) is 10.5 Å². The van der Waals surface area contributed by atoms with Crippen molar-refractivity contribution in [2.45, 2.75) is 12.8 Å². The quantitative estimate of drug-likeness (QED) is 0.199. The molecule has 0 radical (unpaired) electrons. The van der Waals surface area contributed by atoms with Crippen LogP contribution in [0.15, 0.2) is 140 Å². The summed E-state index contributed by atoms with van der Waals surface area (Å²) in [6.45, 7) is 0. The molecule has 4 nitrogen and oxygen atoms in total. The summed E-state index contributed by atoms with van der Waals surface area (Å²) >= 11 is 0. The van der Waals surface area contributed by atoms with Gasteiger partial charge in [0, 0.05) is 33.1 Å². The van der Waals surface area contributed by atoms with Crippen molar-refractivity contribution in [1.82, 2.24) is 9.13 Å². The van der Waals surface area contributed by atoms with E-state index in [2.05, 4.69) is 143 Å². The molecule has 0 N–H and O–H groups in total. The van der Waals surface area contributed by atoms with Crippen molar-refractivity contribution in [3.05, 3.63) is 162 Å². The Labute approximate surface area is 278 Å². The molecule has 0 unspecified atom stereocenters. The van der Waals surface area contributed by atoms with E-state index in [4.69, 9.17) is 0 Å². The first-order valence-corrected chi connectivity index (χ1v) is 16.2. The van der Waals surface area contributed by atoms with E-state index in [1.54, 1.807) is 0 Å². The highest BCUT2D eigenvalue weighted by Crippen LogP contribution is 2.40. The average molecular weight is 613 g/mol. The molecule has 2 heterocycles. The number of hydrogen-bond acceptors (Lipinski definition) is 2. The molecule has 48 heavy (non-hydrogen) atoms. The number of allylic oxidation sites excluding steroid dienone is 1. The number of para-hydroxylation sites is 3. The van der Waals surface area contributed by atoms with Gasteiger partial charge in [-0.1, -0.05) is 97.1 Å². The highest BCUT2D eigenvalue weighted by molar-refractivity contribution is 6.09. The van der Waals surface area contributed by atoms with Crippen LogP contribution in [0, 0.1) is 22.7 Å². The lowest BCUT2D eigenvalue weighted by Gasteiger charge is -2.18. The van der Waals surface area contributed by atoms with Gasteiger partial charge in [0.1, 0.15) is 0 Å². The molecule has 0 bridgehead atoms. The van der Waals surface area contributed by atoms with Crippen LogP contribution < -0.4 is 0 Å². The van der Waals surface area contributed by atoms with E-state index in [1.165, 1.54) is 27.4 Å². The summed E-state index contributed by atoms with van der Waals surface area (Å²) in [6.07, 6.45) is 6.48. The predicted octanol–water partition coefficient (Wildman–Crippen LogP) is 10.8. The maximum absolute atomic E-state index is 10.4. The Morgan fingerprint density at radius 2 is 1.17 bits per heavy atom. The Balaban J connectivity index is 1.16. The number of rotatable bonds is 4. The van der Waals surface area contributed by atoms with Crippen molar-refractivity contribution >= 4 is 38.8 Å². The molecule has 6 aromatic carbocycles. The molecule has 0 saturated heterocycles. The van der Waals surface area contributed by atoms with Crippen LogP contribution in [0.5, 0.6) is 0 Å². The van der Waals surface area contributed by atoms with Crippen LogP contribution in [-0.2, 0) is 6.42 Å². The highest BCUT2D eigenvalue weighted by atomic mass is 15.0. The van der Waals surface area contributed by atoms with Gasteiger partial charge < -0.3 is 9.13 Å². The van der Waals surface area contributed by atoms with E-state index in [-0.39, 0.29) is 0 Å². The van der Waals surface area contributed by atoms with Crippen LogP contribution >= 0.6 is 0 Å². The Bertz CT molecular complexity index is 2630. The summed E-state index contributed by atoms with van der Waals surface area (Å²) in [4.78, 5) is 0. The average Bonchev–Trinajstić information content (AvgIpc) is 3.67. The lowest BCUT2D eigenvalue weighted by atomic mass is 9.94. The second-order valence-corrected chi connectivity index (χ2v) is 12.3. The van der Waals surface area contributed by atoms with E-state index in [0.717, 1.165) is 63.0 Å². The van der Waals surface area contributed by atoms with Crippen LogP contribution in [0.1, 0.15) is 28.8 Å². The second kappa shape index (κ2) is 11.0. The van der Waals surface area contributed by atoms with Crippen molar-refractivity contribution in [2.75, 3.05) is 0 Å². The van der Waals surface area contributed by atoms with Gasteiger partial charge >= 0.3 is 0 Å². The summed E-state index contributed by atoms with van der Waals surface area (Å²) < 4.78 is 4.54. The maximum Gasteiger partial charge on any atom is 0.0998 e. The fraction of sp³-hybridized carbons (Fsp3) is 0.0455. The first kappa shape index (κ1) is 27.7. The second-order valence-electron chi connectivity index (χ2n) is 12.3. The molecule has 9 rings (SSSR count). The molecule has 0 aliphatic heterocycles. The minimum absolute atomic E-state index is 0.609. The van der Waals surface area contributed by atoms with E-state index < -0.39 is 0 Å². The topological polar surface area (TPSA) is 57.4 Å². The van der Waals surface area contributed by atoms with Crippen LogP contribution in [0.2, 0.25) is 0 Å². The lowest BCUT2D eigenvalue weighted by molar-refractivity contribution is 0.968. The third-order valence-corrected chi connectivity index (χ3v) is 9.71.